The Labute approximate surface area is 278 Å². The van der Waals surface area contributed by atoms with Gasteiger partial charge in [0.05, 0.1) is 28.4 Å². The molecule has 0 aliphatic rings. The van der Waals surface area contributed by atoms with Crippen LogP contribution < -0.4 is 4.90 Å². The van der Waals surface area contributed by atoms with Crippen LogP contribution in [0.4, 0.5) is 17.1 Å². The zero-order chi connectivity index (χ0) is 32.8. The van der Waals surface area contributed by atoms with Gasteiger partial charge in [-0.25, -0.2) is 14.6 Å². The van der Waals surface area contributed by atoms with Crippen molar-refractivity contribution < 1.29 is 0 Å². The van der Waals surface area contributed by atoms with Crippen LogP contribution in [0.5, 0.6) is 0 Å². The van der Waals surface area contributed by atoms with Crippen LogP contribution in [0.25, 0.3) is 44.7 Å². The third-order valence-corrected chi connectivity index (χ3v) is 8.79. The second kappa shape index (κ2) is 11.7. The van der Waals surface area contributed by atoms with Gasteiger partial charge in [0.2, 0.25) is 0 Å². The van der Waals surface area contributed by atoms with E-state index in [1.807, 2.05) is 47.1 Å². The first-order valence-corrected chi connectivity index (χ1v) is 15.8. The fraction of sp³-hybridized carbons (Fsp3) is 0.0732. The summed E-state index contributed by atoms with van der Waals surface area (Å²) in [6.45, 7) is 6.36. The van der Waals surface area contributed by atoms with Crippen LogP contribution in [0.1, 0.15) is 22.3 Å². The third kappa shape index (κ3) is 4.88. The molecule has 0 N–H and O–H groups in total. The normalized spacial score (nSPS) is 11.2. The highest BCUT2D eigenvalue weighted by Crippen LogP contribution is 2.40. The summed E-state index contributed by atoms with van der Waals surface area (Å²) < 4.78 is 4.12. The van der Waals surface area contributed by atoms with Gasteiger partial charge in [0.1, 0.15) is 12.1 Å². The second-order valence-corrected chi connectivity index (χ2v) is 12.0. The summed E-state index contributed by atoms with van der Waals surface area (Å²) in [4.78, 5) is 11.7. The molecule has 0 radical (unpaired) electrons. The summed E-state index contributed by atoms with van der Waals surface area (Å²) in [7, 11) is 0. The second-order valence-electron chi connectivity index (χ2n) is 12.0. The molecule has 0 spiro atoms. The standard InChI is InChI=1S/C41H31N7/c1-27-20-28(2)40(29(3)21-27)48-41(44-26-45-48)31-10-9-13-33(23-31)46(32-11-5-4-6-12-32)34-16-17-35-36-22-30(25-42)15-18-37(36)47(38(35)24-34)39-14-7-8-19-43-39/h4-24,26H,1-3H3. The topological polar surface area (TPSA) is 75.6 Å². The zero-order valence-corrected chi connectivity index (χ0v) is 26.8. The lowest BCUT2D eigenvalue weighted by molar-refractivity contribution is 0.870. The van der Waals surface area contributed by atoms with Gasteiger partial charge in [0.15, 0.2) is 5.82 Å². The predicted molar refractivity (Wildman–Crippen MR) is 193 cm³/mol. The molecule has 0 bridgehead atoms. The summed E-state index contributed by atoms with van der Waals surface area (Å²) in [6.07, 6.45) is 3.43. The maximum Gasteiger partial charge on any atom is 0.163 e. The molecule has 0 fully saturated rings. The molecule has 5 aromatic carbocycles. The van der Waals surface area contributed by atoms with Gasteiger partial charge < -0.3 is 4.90 Å². The van der Waals surface area contributed by atoms with Crippen LogP contribution in [0, 0.1) is 32.1 Å². The van der Waals surface area contributed by atoms with E-state index in [4.69, 9.17) is 9.97 Å². The Hall–Kier alpha value is -6.52. The van der Waals surface area contributed by atoms with Gasteiger partial charge in [0.25, 0.3) is 0 Å². The quantitative estimate of drug-likeness (QED) is 0.185. The maximum atomic E-state index is 9.69. The predicted octanol–water partition coefficient (Wildman–Crippen LogP) is 9.69. The molecule has 230 valence electrons. The first-order valence-electron chi connectivity index (χ1n) is 15.8. The smallest absolute Gasteiger partial charge is 0.163 e. The van der Waals surface area contributed by atoms with Crippen molar-refractivity contribution in [1.29, 1.82) is 5.26 Å². The summed E-state index contributed by atoms with van der Waals surface area (Å²) in [5.41, 5.74) is 11.1. The van der Waals surface area contributed by atoms with Crippen molar-refractivity contribution in [3.63, 3.8) is 0 Å². The third-order valence-electron chi connectivity index (χ3n) is 8.79. The number of benzene rings is 5. The van der Waals surface area contributed by atoms with Gasteiger partial charge in [-0.05, 0) is 98.6 Å². The number of rotatable bonds is 6. The zero-order valence-electron chi connectivity index (χ0n) is 26.8. The molecule has 0 amide bonds. The lowest BCUT2D eigenvalue weighted by Crippen LogP contribution is -2.10. The number of pyridine rings is 1. The monoisotopic (exact) mass is 621 g/mol. The molecule has 3 aromatic heterocycles. The Balaban J connectivity index is 1.32. The van der Waals surface area contributed by atoms with Crippen molar-refractivity contribution in [3.8, 4) is 29.0 Å². The summed E-state index contributed by atoms with van der Waals surface area (Å²) in [6, 6.07) is 43.7. The average molecular weight is 622 g/mol. The van der Waals surface area contributed by atoms with Crippen LogP contribution in [0.2, 0.25) is 0 Å². The Kier molecular flexibility index (Phi) is 7.04. The van der Waals surface area contributed by atoms with Crippen LogP contribution in [-0.2, 0) is 0 Å². The maximum absolute atomic E-state index is 9.69. The molecule has 48 heavy (non-hydrogen) atoms. The van der Waals surface area contributed by atoms with Crippen LogP contribution in [0.15, 0.2) is 134 Å². The molecule has 7 heteroatoms. The summed E-state index contributed by atoms with van der Waals surface area (Å²) >= 11 is 0. The number of aryl methyl sites for hydroxylation is 3. The van der Waals surface area contributed by atoms with E-state index in [1.54, 1.807) is 12.5 Å². The highest BCUT2D eigenvalue weighted by atomic mass is 15.3. The molecule has 7 nitrogen and oxygen atoms in total. The summed E-state index contributed by atoms with van der Waals surface area (Å²) in [5.74, 6) is 1.59. The van der Waals surface area contributed by atoms with Crippen molar-refractivity contribution in [2.45, 2.75) is 20.8 Å². The first-order chi connectivity index (χ1) is 23.5. The average Bonchev–Trinajstić information content (AvgIpc) is 3.71. The van der Waals surface area contributed by atoms with Crippen LogP contribution >= 0.6 is 0 Å². The molecule has 0 aliphatic carbocycles. The van der Waals surface area contributed by atoms with Crippen molar-refractivity contribution >= 4 is 38.9 Å². The number of aromatic nitrogens is 5. The van der Waals surface area contributed by atoms with Crippen LogP contribution in [-0.4, -0.2) is 24.3 Å². The van der Waals surface area contributed by atoms with Crippen LogP contribution in [0.3, 0.4) is 0 Å². The van der Waals surface area contributed by atoms with E-state index in [-0.39, 0.29) is 0 Å². The van der Waals surface area contributed by atoms with Gasteiger partial charge in [0, 0.05) is 39.6 Å². The van der Waals surface area contributed by atoms with Crippen molar-refractivity contribution in [2.75, 3.05) is 4.90 Å². The van der Waals surface area contributed by atoms with E-state index in [0.717, 1.165) is 72.9 Å². The molecular weight excluding hydrogens is 591 g/mol. The lowest BCUT2D eigenvalue weighted by Gasteiger charge is -2.26. The minimum Gasteiger partial charge on any atom is -0.310 e. The van der Waals surface area contributed by atoms with E-state index >= 15 is 0 Å². The number of nitrogens with zero attached hydrogens (tertiary/aromatic N) is 7. The largest absolute Gasteiger partial charge is 0.310 e. The van der Waals surface area contributed by atoms with Crippen molar-refractivity contribution in [1.82, 2.24) is 24.3 Å². The Bertz CT molecular complexity index is 2480. The number of hydrogen-bond donors (Lipinski definition) is 0. The molecule has 8 rings (SSSR count). The summed E-state index contributed by atoms with van der Waals surface area (Å²) in [5, 5.41) is 16.4. The van der Waals surface area contributed by atoms with E-state index in [1.165, 1.54) is 5.56 Å². The van der Waals surface area contributed by atoms with Gasteiger partial charge in [-0.1, -0.05) is 60.2 Å². The molecule has 0 saturated carbocycles. The van der Waals surface area contributed by atoms with Gasteiger partial charge >= 0.3 is 0 Å². The van der Waals surface area contributed by atoms with E-state index in [9.17, 15) is 5.26 Å². The fourth-order valence-electron chi connectivity index (χ4n) is 6.87. The molecule has 0 saturated heterocycles. The molecule has 8 aromatic rings. The molecule has 0 atom stereocenters. The van der Waals surface area contributed by atoms with E-state index in [0.29, 0.717) is 5.56 Å². The van der Waals surface area contributed by atoms with E-state index < -0.39 is 0 Å². The van der Waals surface area contributed by atoms with Gasteiger partial charge in [-0.15, -0.1) is 0 Å². The molecular formula is C41H31N7. The minimum atomic E-state index is 0.623. The Morgan fingerprint density at radius 3 is 2.19 bits per heavy atom. The number of anilines is 3. The van der Waals surface area contributed by atoms with Gasteiger partial charge in [-0.2, -0.15) is 10.4 Å². The Morgan fingerprint density at radius 2 is 1.42 bits per heavy atom. The van der Waals surface area contributed by atoms with Gasteiger partial charge in [-0.3, -0.25) is 4.57 Å². The molecule has 3 heterocycles. The fourth-order valence-corrected chi connectivity index (χ4v) is 6.87. The number of para-hydroxylation sites is 1. The first kappa shape index (κ1) is 28.9. The highest BCUT2D eigenvalue weighted by Gasteiger charge is 2.20. The SMILES string of the molecule is Cc1cc(C)c(-n2ncnc2-c2cccc(N(c3ccccc3)c3ccc4c5cc(C#N)ccc5n(-c5ccccn5)c4c3)c2)c(C)c1. The number of nitriles is 1. The highest BCUT2D eigenvalue weighted by molar-refractivity contribution is 6.10. The Morgan fingerprint density at radius 1 is 0.646 bits per heavy atom. The minimum absolute atomic E-state index is 0.623. The van der Waals surface area contributed by atoms with Crippen molar-refractivity contribution in [3.05, 3.63) is 156 Å². The number of hydrogen-bond acceptors (Lipinski definition) is 5. The van der Waals surface area contributed by atoms with Crippen molar-refractivity contribution in [2.24, 2.45) is 0 Å². The molecule has 0 unspecified atom stereocenters. The van der Waals surface area contributed by atoms with E-state index in [2.05, 4.69) is 120 Å². The lowest BCUT2D eigenvalue weighted by atomic mass is 10.0. The molecule has 0 aliphatic heterocycles. The number of fused-ring (bicyclic) bond motifs is 3.